The summed E-state index contributed by atoms with van der Waals surface area (Å²) in [6.45, 7) is 4.61. The molecule has 1 aliphatic carbocycles. The molecule has 21 heavy (non-hydrogen) atoms. The molecule has 0 saturated carbocycles. The summed E-state index contributed by atoms with van der Waals surface area (Å²) >= 11 is 3.59. The van der Waals surface area contributed by atoms with Crippen molar-refractivity contribution in [2.75, 3.05) is 0 Å². The van der Waals surface area contributed by atoms with E-state index in [1.807, 2.05) is 0 Å². The van der Waals surface area contributed by atoms with Crippen LogP contribution in [-0.2, 0) is 17.1 Å². The van der Waals surface area contributed by atoms with Crippen molar-refractivity contribution in [3.63, 3.8) is 0 Å². The summed E-state index contributed by atoms with van der Waals surface area (Å²) in [5.74, 6) is 0. The second-order valence-electron chi connectivity index (χ2n) is 5.89. The predicted octanol–water partition coefficient (Wildman–Crippen LogP) is 5.34. The van der Waals surface area contributed by atoms with E-state index in [2.05, 4.69) is 66.2 Å². The van der Waals surface area contributed by atoms with Gasteiger partial charge in [-0.05, 0) is 40.7 Å². The van der Waals surface area contributed by atoms with Gasteiger partial charge in [0.1, 0.15) is 0 Å². The van der Waals surface area contributed by atoms with Crippen LogP contribution in [0.15, 0.2) is 36.4 Å². The van der Waals surface area contributed by atoms with E-state index in [0.717, 1.165) is 18.2 Å². The van der Waals surface area contributed by atoms with Gasteiger partial charge in [-0.3, -0.25) is 0 Å². The minimum Gasteiger partial charge on any atom is -0.0876 e. The SMILES string of the molecule is [B]Cc1ccc2c(c1)C(CC)(CC)c1cc(CBr)ccc1-2. The lowest BCUT2D eigenvalue weighted by Crippen LogP contribution is -2.23. The van der Waals surface area contributed by atoms with Gasteiger partial charge in [0.25, 0.3) is 0 Å². The molecule has 0 spiro atoms. The van der Waals surface area contributed by atoms with Crippen LogP contribution in [-0.4, -0.2) is 7.85 Å². The van der Waals surface area contributed by atoms with Crippen LogP contribution in [0.2, 0.25) is 0 Å². The number of hydrogen-bond acceptors (Lipinski definition) is 0. The van der Waals surface area contributed by atoms with Gasteiger partial charge in [0.05, 0.1) is 7.85 Å². The molecule has 2 radical (unpaired) electrons. The highest BCUT2D eigenvalue weighted by Gasteiger charge is 2.40. The Bertz CT molecular complexity index is 616. The fourth-order valence-electron chi connectivity index (χ4n) is 3.81. The van der Waals surface area contributed by atoms with Gasteiger partial charge >= 0.3 is 0 Å². The fourth-order valence-corrected chi connectivity index (χ4v) is 4.16. The highest BCUT2D eigenvalue weighted by Crippen LogP contribution is 2.53. The molecule has 0 atom stereocenters. The van der Waals surface area contributed by atoms with Crippen molar-refractivity contribution >= 4 is 23.8 Å². The molecule has 0 bridgehead atoms. The number of rotatable bonds is 4. The summed E-state index contributed by atoms with van der Waals surface area (Å²) in [4.78, 5) is 0. The lowest BCUT2D eigenvalue weighted by atomic mass is 9.73. The van der Waals surface area contributed by atoms with Crippen LogP contribution in [0.4, 0.5) is 0 Å². The zero-order valence-corrected chi connectivity index (χ0v) is 14.3. The van der Waals surface area contributed by atoms with Crippen LogP contribution >= 0.6 is 15.9 Å². The van der Waals surface area contributed by atoms with Crippen molar-refractivity contribution in [3.05, 3.63) is 58.7 Å². The lowest BCUT2D eigenvalue weighted by Gasteiger charge is -2.30. The van der Waals surface area contributed by atoms with Crippen LogP contribution in [0, 0.1) is 0 Å². The maximum absolute atomic E-state index is 5.86. The van der Waals surface area contributed by atoms with E-state index in [4.69, 9.17) is 7.85 Å². The Morgan fingerprint density at radius 1 is 0.905 bits per heavy atom. The minimum atomic E-state index is 0.147. The Morgan fingerprint density at radius 3 is 1.90 bits per heavy atom. The molecule has 106 valence electrons. The lowest BCUT2D eigenvalue weighted by molar-refractivity contribution is 0.490. The number of hydrogen-bond donors (Lipinski definition) is 0. The first kappa shape index (κ1) is 14.9. The number of fused-ring (bicyclic) bond motifs is 3. The Labute approximate surface area is 137 Å². The van der Waals surface area contributed by atoms with Crippen molar-refractivity contribution in [1.82, 2.24) is 0 Å². The van der Waals surface area contributed by atoms with E-state index >= 15 is 0 Å². The molecule has 1 aliphatic rings. The van der Waals surface area contributed by atoms with Gasteiger partial charge in [-0.1, -0.05) is 78.1 Å². The molecule has 0 unspecified atom stereocenters. The van der Waals surface area contributed by atoms with Gasteiger partial charge in [-0.25, -0.2) is 0 Å². The first-order chi connectivity index (χ1) is 10.2. The Balaban J connectivity index is 2.30. The minimum absolute atomic E-state index is 0.147. The van der Waals surface area contributed by atoms with E-state index in [-0.39, 0.29) is 5.41 Å². The second kappa shape index (κ2) is 5.64. The van der Waals surface area contributed by atoms with Gasteiger partial charge < -0.3 is 0 Å². The first-order valence-electron chi connectivity index (χ1n) is 7.73. The van der Waals surface area contributed by atoms with Crippen molar-refractivity contribution < 1.29 is 0 Å². The smallest absolute Gasteiger partial charge is 0.0716 e. The highest BCUT2D eigenvalue weighted by molar-refractivity contribution is 9.08. The average Bonchev–Trinajstić information content (AvgIpc) is 2.83. The van der Waals surface area contributed by atoms with Gasteiger partial charge in [-0.15, -0.1) is 0 Å². The number of halogens is 1. The van der Waals surface area contributed by atoms with Gasteiger partial charge in [0.15, 0.2) is 0 Å². The van der Waals surface area contributed by atoms with Gasteiger partial charge in [0.2, 0.25) is 0 Å². The molecule has 0 N–H and O–H groups in total. The highest BCUT2D eigenvalue weighted by atomic mass is 79.9. The topological polar surface area (TPSA) is 0 Å². The summed E-state index contributed by atoms with van der Waals surface area (Å²) in [6, 6.07) is 13.7. The van der Waals surface area contributed by atoms with Crippen LogP contribution in [0.1, 0.15) is 48.9 Å². The van der Waals surface area contributed by atoms with Crippen LogP contribution in [0.25, 0.3) is 11.1 Å². The molecule has 0 fully saturated rings. The second-order valence-corrected chi connectivity index (χ2v) is 6.45. The van der Waals surface area contributed by atoms with E-state index in [9.17, 15) is 0 Å². The van der Waals surface area contributed by atoms with Crippen molar-refractivity contribution in [2.24, 2.45) is 0 Å². The molecule has 2 aromatic rings. The summed E-state index contributed by atoms with van der Waals surface area (Å²) in [5.41, 5.74) is 8.49. The summed E-state index contributed by atoms with van der Waals surface area (Å²) in [5, 5.41) is 0.911. The van der Waals surface area contributed by atoms with Crippen LogP contribution in [0.3, 0.4) is 0 Å². The molecule has 0 amide bonds. The summed E-state index contributed by atoms with van der Waals surface area (Å²) < 4.78 is 0. The molecule has 2 aromatic carbocycles. The predicted molar refractivity (Wildman–Crippen MR) is 95.3 cm³/mol. The van der Waals surface area contributed by atoms with Crippen molar-refractivity contribution in [3.8, 4) is 11.1 Å². The third-order valence-electron chi connectivity index (χ3n) is 5.09. The van der Waals surface area contributed by atoms with E-state index in [0.29, 0.717) is 6.32 Å². The van der Waals surface area contributed by atoms with Crippen LogP contribution in [0.5, 0.6) is 0 Å². The maximum atomic E-state index is 5.86. The molecule has 0 nitrogen and oxygen atoms in total. The van der Waals surface area contributed by atoms with E-state index in [1.165, 1.54) is 33.4 Å². The molecule has 2 heteroatoms. The van der Waals surface area contributed by atoms with Crippen molar-refractivity contribution in [1.29, 1.82) is 0 Å². The largest absolute Gasteiger partial charge is 0.0876 e. The molecule has 0 saturated heterocycles. The number of benzene rings is 2. The standard InChI is InChI=1S/C19H20BBr/c1-3-19(4-2)17-9-13(11-20)5-7-15(17)16-8-6-14(12-21)10-18(16)19/h5-10H,3-4,11-12H2,1-2H3. The monoisotopic (exact) mass is 338 g/mol. The third-order valence-corrected chi connectivity index (χ3v) is 5.73. The van der Waals surface area contributed by atoms with Gasteiger partial charge in [-0.2, -0.15) is 0 Å². The summed E-state index contributed by atoms with van der Waals surface area (Å²) in [6.07, 6.45) is 2.87. The molecule has 3 rings (SSSR count). The third kappa shape index (κ3) is 2.11. The van der Waals surface area contributed by atoms with E-state index < -0.39 is 0 Å². The Hall–Kier alpha value is -1.02. The van der Waals surface area contributed by atoms with Crippen LogP contribution < -0.4 is 0 Å². The Morgan fingerprint density at radius 2 is 1.43 bits per heavy atom. The fraction of sp³-hybridized carbons (Fsp3) is 0.368. The summed E-state index contributed by atoms with van der Waals surface area (Å²) in [7, 11) is 5.86. The van der Waals surface area contributed by atoms with E-state index in [1.54, 1.807) is 0 Å². The molecule has 0 aromatic heterocycles. The molecule has 0 heterocycles. The molecule has 0 aliphatic heterocycles. The maximum Gasteiger partial charge on any atom is 0.0716 e. The normalized spacial score (nSPS) is 14.8. The van der Waals surface area contributed by atoms with Gasteiger partial charge in [0, 0.05) is 10.7 Å². The quantitative estimate of drug-likeness (QED) is 0.521. The average molecular weight is 339 g/mol. The molecular weight excluding hydrogens is 319 g/mol. The zero-order valence-electron chi connectivity index (χ0n) is 12.7. The Kier molecular flexibility index (Phi) is 4.01. The van der Waals surface area contributed by atoms with Crippen molar-refractivity contribution in [2.45, 2.75) is 43.8 Å². The zero-order chi connectivity index (χ0) is 15.0. The number of alkyl halides is 1. The molecular formula is C19H20BBr. The first-order valence-corrected chi connectivity index (χ1v) is 8.85.